The first kappa shape index (κ1) is 21.8. The monoisotopic (exact) mass is 457 g/mol. The molecule has 2 fully saturated rings. The van der Waals surface area contributed by atoms with Crippen LogP contribution >= 0.6 is 0 Å². The van der Waals surface area contributed by atoms with Gasteiger partial charge < -0.3 is 20.0 Å². The van der Waals surface area contributed by atoms with Gasteiger partial charge in [-0.05, 0) is 31.2 Å². The van der Waals surface area contributed by atoms with Crippen molar-refractivity contribution in [2.24, 2.45) is 5.92 Å². The molecular weight excluding hydrogens is 430 g/mol. The number of carbonyl (C=O) groups excluding carboxylic acids is 2. The molecule has 34 heavy (non-hydrogen) atoms. The van der Waals surface area contributed by atoms with Gasteiger partial charge in [-0.15, -0.1) is 0 Å². The van der Waals surface area contributed by atoms with Crippen LogP contribution in [-0.4, -0.2) is 59.5 Å². The van der Waals surface area contributed by atoms with Gasteiger partial charge >= 0.3 is 0 Å². The zero-order chi connectivity index (χ0) is 23.5. The molecule has 0 bridgehead atoms. The second-order valence-electron chi connectivity index (χ2n) is 8.66. The Hall–Kier alpha value is -4.01. The maximum atomic E-state index is 12.8. The third kappa shape index (κ3) is 4.68. The van der Waals surface area contributed by atoms with Gasteiger partial charge in [0.25, 0.3) is 0 Å². The molecule has 2 aromatic heterocycles. The lowest BCUT2D eigenvalue weighted by Crippen LogP contribution is -2.47. The Morgan fingerprint density at radius 1 is 0.941 bits per heavy atom. The van der Waals surface area contributed by atoms with E-state index in [1.807, 2.05) is 49.4 Å². The Morgan fingerprint density at radius 2 is 1.65 bits per heavy atom. The summed E-state index contributed by atoms with van der Waals surface area (Å²) in [6, 6.07) is 13.7. The molecule has 5 rings (SSSR count). The fourth-order valence-corrected chi connectivity index (χ4v) is 4.33. The number of anilines is 4. The van der Waals surface area contributed by atoms with E-state index in [-0.39, 0.29) is 18.2 Å². The number of nitrogens with zero attached hydrogens (tertiary/aromatic N) is 6. The van der Waals surface area contributed by atoms with Crippen molar-refractivity contribution in [3.05, 3.63) is 66.6 Å². The first-order valence-electron chi connectivity index (χ1n) is 11.5. The van der Waals surface area contributed by atoms with Crippen molar-refractivity contribution in [2.45, 2.75) is 13.3 Å². The van der Waals surface area contributed by atoms with Crippen molar-refractivity contribution in [1.82, 2.24) is 15.0 Å². The average Bonchev–Trinajstić information content (AvgIpc) is 3.27. The fraction of sp³-hybridized carbons (Fsp3) is 0.320. The number of nitrogens with one attached hydrogen (secondary N) is 1. The number of aromatic nitrogens is 3. The van der Waals surface area contributed by atoms with Crippen LogP contribution in [0.15, 0.2) is 61.1 Å². The van der Waals surface area contributed by atoms with Crippen molar-refractivity contribution in [2.75, 3.05) is 52.7 Å². The van der Waals surface area contributed by atoms with Crippen LogP contribution in [0.5, 0.6) is 0 Å². The normalized spacial score (nSPS) is 18.3. The molecule has 1 atom stereocenters. The summed E-state index contributed by atoms with van der Waals surface area (Å²) in [5, 5.41) is 2.87. The summed E-state index contributed by atoms with van der Waals surface area (Å²) in [6.45, 7) is 5.63. The van der Waals surface area contributed by atoms with Crippen LogP contribution in [0.4, 0.5) is 23.1 Å². The van der Waals surface area contributed by atoms with Crippen LogP contribution in [-0.2, 0) is 9.59 Å². The van der Waals surface area contributed by atoms with Gasteiger partial charge in [-0.1, -0.05) is 23.8 Å². The smallest absolute Gasteiger partial charge is 0.229 e. The summed E-state index contributed by atoms with van der Waals surface area (Å²) in [5.41, 5.74) is 2.48. The van der Waals surface area contributed by atoms with E-state index in [0.29, 0.717) is 18.2 Å². The van der Waals surface area contributed by atoms with Crippen LogP contribution in [0.2, 0.25) is 0 Å². The molecule has 174 valence electrons. The van der Waals surface area contributed by atoms with Gasteiger partial charge in [0, 0.05) is 51.0 Å². The van der Waals surface area contributed by atoms with Gasteiger partial charge in [0.05, 0.1) is 24.0 Å². The Balaban J connectivity index is 1.15. The fourth-order valence-electron chi connectivity index (χ4n) is 4.33. The second-order valence-corrected chi connectivity index (χ2v) is 8.66. The summed E-state index contributed by atoms with van der Waals surface area (Å²) in [4.78, 5) is 44.6. The zero-order valence-electron chi connectivity index (χ0n) is 19.1. The maximum Gasteiger partial charge on any atom is 0.229 e. The average molecular weight is 458 g/mol. The number of rotatable bonds is 5. The summed E-state index contributed by atoms with van der Waals surface area (Å²) in [5.74, 6) is 0.976. The third-order valence-corrected chi connectivity index (χ3v) is 6.28. The molecule has 0 saturated carbocycles. The number of hydrogen-bond donors (Lipinski definition) is 1. The van der Waals surface area contributed by atoms with E-state index >= 15 is 0 Å². The number of aryl methyl sites for hydroxylation is 1. The van der Waals surface area contributed by atoms with E-state index in [1.54, 1.807) is 23.5 Å². The molecule has 1 unspecified atom stereocenters. The summed E-state index contributed by atoms with van der Waals surface area (Å²) < 4.78 is 0. The molecule has 0 radical (unpaired) electrons. The molecule has 2 aliphatic rings. The molecule has 4 heterocycles. The van der Waals surface area contributed by atoms with Crippen LogP contribution in [0, 0.1) is 12.8 Å². The number of carbonyl (C=O) groups is 2. The molecule has 0 aliphatic carbocycles. The van der Waals surface area contributed by atoms with Crippen molar-refractivity contribution < 1.29 is 9.59 Å². The number of piperazine rings is 1. The van der Waals surface area contributed by atoms with Crippen LogP contribution in [0.25, 0.3) is 0 Å². The minimum absolute atomic E-state index is 0.0413. The molecule has 9 heteroatoms. The lowest BCUT2D eigenvalue weighted by atomic mass is 10.1. The van der Waals surface area contributed by atoms with E-state index < -0.39 is 5.92 Å². The summed E-state index contributed by atoms with van der Waals surface area (Å²) >= 11 is 0. The first-order valence-corrected chi connectivity index (χ1v) is 11.5. The highest BCUT2D eigenvalue weighted by atomic mass is 16.2. The quantitative estimate of drug-likeness (QED) is 0.629. The van der Waals surface area contributed by atoms with Gasteiger partial charge in [-0.2, -0.15) is 0 Å². The van der Waals surface area contributed by atoms with E-state index in [2.05, 4.69) is 30.1 Å². The van der Waals surface area contributed by atoms with Crippen LogP contribution < -0.4 is 20.0 Å². The Labute approximate surface area is 198 Å². The standard InChI is InChI=1S/C25H27N7O2/c1-18-5-7-21(8-6-18)32-17-19(14-23(32)33)24(34)29-20-15-27-25(28-16-20)31-12-10-30(11-13-31)22-4-2-3-9-26-22/h2-9,15-16,19H,10-14,17H2,1H3,(H,29,34). The molecule has 9 nitrogen and oxygen atoms in total. The predicted molar refractivity (Wildman–Crippen MR) is 131 cm³/mol. The van der Waals surface area contributed by atoms with Gasteiger partial charge in [-0.25, -0.2) is 15.0 Å². The van der Waals surface area contributed by atoms with Crippen molar-refractivity contribution in [3.8, 4) is 0 Å². The molecule has 2 aliphatic heterocycles. The highest BCUT2D eigenvalue weighted by Crippen LogP contribution is 2.26. The minimum atomic E-state index is -0.409. The first-order chi connectivity index (χ1) is 16.6. The van der Waals surface area contributed by atoms with Gasteiger partial charge in [0.15, 0.2) is 0 Å². The number of hydrogen-bond acceptors (Lipinski definition) is 7. The molecule has 1 aromatic carbocycles. The van der Waals surface area contributed by atoms with Gasteiger partial charge in [0.1, 0.15) is 5.82 Å². The number of amides is 2. The van der Waals surface area contributed by atoms with E-state index in [0.717, 1.165) is 43.2 Å². The molecule has 3 aromatic rings. The lowest BCUT2D eigenvalue weighted by molar-refractivity contribution is -0.122. The highest BCUT2D eigenvalue weighted by Gasteiger charge is 2.35. The molecule has 2 saturated heterocycles. The van der Waals surface area contributed by atoms with Crippen LogP contribution in [0.3, 0.4) is 0 Å². The Morgan fingerprint density at radius 3 is 2.32 bits per heavy atom. The van der Waals surface area contributed by atoms with Crippen molar-refractivity contribution in [1.29, 1.82) is 0 Å². The molecule has 2 amide bonds. The Kier molecular flexibility index (Phi) is 6.07. The summed E-state index contributed by atoms with van der Waals surface area (Å²) in [6.07, 6.45) is 5.25. The number of benzene rings is 1. The van der Waals surface area contributed by atoms with Gasteiger partial charge in [0.2, 0.25) is 17.8 Å². The molecule has 1 N–H and O–H groups in total. The van der Waals surface area contributed by atoms with E-state index in [9.17, 15) is 9.59 Å². The van der Waals surface area contributed by atoms with Crippen molar-refractivity contribution in [3.63, 3.8) is 0 Å². The predicted octanol–water partition coefficient (Wildman–Crippen LogP) is 2.50. The van der Waals surface area contributed by atoms with Crippen molar-refractivity contribution >= 4 is 35.0 Å². The van der Waals surface area contributed by atoms with E-state index in [4.69, 9.17) is 0 Å². The topological polar surface area (TPSA) is 94.6 Å². The number of pyridine rings is 1. The molecule has 0 spiro atoms. The highest BCUT2D eigenvalue weighted by molar-refractivity contribution is 6.03. The molecular formula is C25H27N7O2. The van der Waals surface area contributed by atoms with Crippen LogP contribution in [0.1, 0.15) is 12.0 Å². The maximum absolute atomic E-state index is 12.8. The largest absolute Gasteiger partial charge is 0.353 e. The SMILES string of the molecule is Cc1ccc(N2CC(C(=O)Nc3cnc(N4CCN(c5ccccn5)CC4)nc3)CC2=O)cc1. The lowest BCUT2D eigenvalue weighted by Gasteiger charge is -2.35. The van der Waals surface area contributed by atoms with Gasteiger partial charge in [-0.3, -0.25) is 9.59 Å². The summed E-state index contributed by atoms with van der Waals surface area (Å²) in [7, 11) is 0. The van der Waals surface area contributed by atoms with E-state index in [1.165, 1.54) is 0 Å². The Bertz CT molecular complexity index is 1140. The minimum Gasteiger partial charge on any atom is -0.353 e. The second kappa shape index (κ2) is 9.46. The third-order valence-electron chi connectivity index (χ3n) is 6.28. The zero-order valence-corrected chi connectivity index (χ0v) is 19.1.